The summed E-state index contributed by atoms with van der Waals surface area (Å²) < 4.78 is 0.833. The Morgan fingerprint density at radius 2 is 2.09 bits per heavy atom. The van der Waals surface area contributed by atoms with E-state index in [4.69, 9.17) is 11.8 Å². The van der Waals surface area contributed by atoms with Crippen LogP contribution in [0, 0.1) is 0 Å². The van der Waals surface area contributed by atoms with Crippen molar-refractivity contribution in [3.8, 4) is 0 Å². The molecular weight excluding hydrogens is 304 g/mol. The summed E-state index contributed by atoms with van der Waals surface area (Å²) in [6, 6.07) is 6.54. The number of H-pyrrole nitrogens is 1. The van der Waals surface area contributed by atoms with Gasteiger partial charge in [0.25, 0.3) is 0 Å². The number of para-hydroxylation sites is 1. The molecule has 0 saturated carbocycles. The number of carboxylic acids is 1. The molecule has 2 rings (SSSR count). The number of aromatic nitrogens is 1. The highest BCUT2D eigenvalue weighted by Crippen LogP contribution is 2.22. The van der Waals surface area contributed by atoms with Crippen LogP contribution in [0.5, 0.6) is 0 Å². The van der Waals surface area contributed by atoms with E-state index in [1.165, 1.54) is 0 Å². The summed E-state index contributed by atoms with van der Waals surface area (Å²) in [5.41, 5.74) is 1.76. The molecular formula is C16H19ClN2O3. The van der Waals surface area contributed by atoms with Crippen molar-refractivity contribution in [2.24, 2.45) is 0 Å². The zero-order valence-electron chi connectivity index (χ0n) is 12.4. The molecule has 5 nitrogen and oxygen atoms in total. The highest BCUT2D eigenvalue weighted by atomic mass is 35.5. The molecule has 0 aliphatic heterocycles. The van der Waals surface area contributed by atoms with Gasteiger partial charge in [0, 0.05) is 41.7 Å². The second kappa shape index (κ2) is 7.31. The van der Waals surface area contributed by atoms with Crippen LogP contribution in [0.25, 0.3) is 10.9 Å². The van der Waals surface area contributed by atoms with Gasteiger partial charge in [-0.15, -0.1) is 0 Å². The Morgan fingerprint density at radius 3 is 2.77 bits per heavy atom. The SMILES string of the molecule is CCCCC(=O)N(Cl)C(Cc1c[nH]c2ccccc12)C(=O)O. The maximum absolute atomic E-state index is 12.0. The van der Waals surface area contributed by atoms with E-state index in [1.807, 2.05) is 31.2 Å². The number of amides is 1. The van der Waals surface area contributed by atoms with Crippen molar-refractivity contribution in [3.05, 3.63) is 36.0 Å². The van der Waals surface area contributed by atoms with E-state index >= 15 is 0 Å². The Labute approximate surface area is 134 Å². The van der Waals surface area contributed by atoms with Crippen LogP contribution >= 0.6 is 11.8 Å². The van der Waals surface area contributed by atoms with Gasteiger partial charge in [-0.1, -0.05) is 31.5 Å². The number of halogens is 1. The molecule has 1 heterocycles. The fourth-order valence-electron chi connectivity index (χ4n) is 2.38. The second-order valence-electron chi connectivity index (χ2n) is 5.23. The molecule has 0 bridgehead atoms. The first-order valence-corrected chi connectivity index (χ1v) is 7.64. The third-order valence-electron chi connectivity index (χ3n) is 3.63. The van der Waals surface area contributed by atoms with E-state index in [1.54, 1.807) is 6.20 Å². The number of unbranched alkanes of at least 4 members (excludes halogenated alkanes) is 1. The summed E-state index contributed by atoms with van der Waals surface area (Å²) in [4.78, 5) is 26.6. The Morgan fingerprint density at radius 1 is 1.36 bits per heavy atom. The highest BCUT2D eigenvalue weighted by molar-refractivity contribution is 6.22. The maximum Gasteiger partial charge on any atom is 0.328 e. The molecule has 0 saturated heterocycles. The summed E-state index contributed by atoms with van der Waals surface area (Å²) in [5.74, 6) is -1.46. The first-order chi connectivity index (χ1) is 10.5. The molecule has 22 heavy (non-hydrogen) atoms. The molecule has 0 aliphatic rings. The van der Waals surface area contributed by atoms with E-state index in [9.17, 15) is 14.7 Å². The normalized spacial score (nSPS) is 12.3. The van der Waals surface area contributed by atoms with Crippen molar-refractivity contribution in [3.63, 3.8) is 0 Å². The topological polar surface area (TPSA) is 73.4 Å². The maximum atomic E-state index is 12.0. The van der Waals surface area contributed by atoms with E-state index in [-0.39, 0.29) is 18.7 Å². The Hall–Kier alpha value is -2.01. The molecule has 6 heteroatoms. The van der Waals surface area contributed by atoms with Crippen LogP contribution in [0.4, 0.5) is 0 Å². The molecule has 0 radical (unpaired) electrons. The molecule has 1 atom stereocenters. The lowest BCUT2D eigenvalue weighted by atomic mass is 10.0. The van der Waals surface area contributed by atoms with Crippen LogP contribution in [0.15, 0.2) is 30.5 Å². The van der Waals surface area contributed by atoms with Gasteiger partial charge in [-0.2, -0.15) is 0 Å². The highest BCUT2D eigenvalue weighted by Gasteiger charge is 2.29. The summed E-state index contributed by atoms with van der Waals surface area (Å²) in [6.07, 6.45) is 3.75. The molecule has 0 fully saturated rings. The summed E-state index contributed by atoms with van der Waals surface area (Å²) in [7, 11) is 0. The van der Waals surface area contributed by atoms with E-state index in [0.717, 1.165) is 27.3 Å². The van der Waals surface area contributed by atoms with Crippen LogP contribution in [-0.4, -0.2) is 32.4 Å². The van der Waals surface area contributed by atoms with Crippen molar-refractivity contribution < 1.29 is 14.7 Å². The van der Waals surface area contributed by atoms with Crippen LogP contribution in [0.2, 0.25) is 0 Å². The fourth-order valence-corrected chi connectivity index (χ4v) is 2.62. The number of nitrogens with zero attached hydrogens (tertiary/aromatic N) is 1. The van der Waals surface area contributed by atoms with Crippen LogP contribution < -0.4 is 0 Å². The minimum absolute atomic E-state index is 0.167. The number of carbonyl (C=O) groups is 2. The first-order valence-electron chi connectivity index (χ1n) is 7.30. The third kappa shape index (κ3) is 3.60. The van der Waals surface area contributed by atoms with E-state index in [2.05, 4.69) is 4.98 Å². The number of rotatable bonds is 7. The number of aromatic amines is 1. The van der Waals surface area contributed by atoms with Gasteiger partial charge in [-0.05, 0) is 18.1 Å². The van der Waals surface area contributed by atoms with Gasteiger partial charge in [0.15, 0.2) is 0 Å². The molecule has 118 valence electrons. The van der Waals surface area contributed by atoms with Gasteiger partial charge in [-0.3, -0.25) is 4.79 Å². The fraction of sp³-hybridized carbons (Fsp3) is 0.375. The van der Waals surface area contributed by atoms with Gasteiger partial charge >= 0.3 is 5.97 Å². The van der Waals surface area contributed by atoms with Crippen LogP contribution in [-0.2, 0) is 16.0 Å². The second-order valence-corrected chi connectivity index (χ2v) is 5.59. The minimum Gasteiger partial charge on any atom is -0.480 e. The predicted octanol–water partition coefficient (Wildman–Crippen LogP) is 3.34. The Balaban J connectivity index is 2.18. The number of benzene rings is 1. The number of fused-ring (bicyclic) bond motifs is 1. The first kappa shape index (κ1) is 16.4. The molecule has 1 aromatic carbocycles. The lowest BCUT2D eigenvalue weighted by Crippen LogP contribution is -2.40. The van der Waals surface area contributed by atoms with Crippen molar-refractivity contribution >= 4 is 34.6 Å². The molecule has 0 spiro atoms. The van der Waals surface area contributed by atoms with Gasteiger partial charge in [0.05, 0.1) is 0 Å². The summed E-state index contributed by atoms with van der Waals surface area (Å²) >= 11 is 5.99. The standard InChI is InChI=1S/C16H19ClN2O3/c1-2-3-8-15(20)19(17)14(16(21)22)9-11-10-18-13-7-5-4-6-12(11)13/h4-7,10,14,18H,2-3,8-9H2,1H3,(H,21,22). The number of hydrogen-bond donors (Lipinski definition) is 2. The molecule has 2 N–H and O–H groups in total. The van der Waals surface area contributed by atoms with Crippen molar-refractivity contribution in [1.82, 2.24) is 9.40 Å². The average Bonchev–Trinajstić information content (AvgIpc) is 2.92. The van der Waals surface area contributed by atoms with Crippen molar-refractivity contribution in [2.45, 2.75) is 38.6 Å². The smallest absolute Gasteiger partial charge is 0.328 e. The van der Waals surface area contributed by atoms with Crippen LogP contribution in [0.1, 0.15) is 31.7 Å². The molecule has 2 aromatic rings. The average molecular weight is 323 g/mol. The number of carbonyl (C=O) groups excluding carboxylic acids is 1. The van der Waals surface area contributed by atoms with Crippen molar-refractivity contribution in [2.75, 3.05) is 0 Å². The molecule has 1 amide bonds. The predicted molar refractivity (Wildman–Crippen MR) is 85.7 cm³/mol. The molecule has 0 aliphatic carbocycles. The molecule has 1 aromatic heterocycles. The summed E-state index contributed by atoms with van der Waals surface area (Å²) in [6.45, 7) is 1.96. The number of hydrogen-bond acceptors (Lipinski definition) is 2. The van der Waals surface area contributed by atoms with Gasteiger partial charge in [-0.25, -0.2) is 9.21 Å². The van der Waals surface area contributed by atoms with Crippen LogP contribution in [0.3, 0.4) is 0 Å². The monoisotopic (exact) mass is 322 g/mol. The largest absolute Gasteiger partial charge is 0.480 e. The third-order valence-corrected chi connectivity index (χ3v) is 4.05. The molecule has 1 unspecified atom stereocenters. The van der Waals surface area contributed by atoms with Crippen molar-refractivity contribution in [1.29, 1.82) is 0 Å². The van der Waals surface area contributed by atoms with Gasteiger partial charge in [0.1, 0.15) is 6.04 Å². The summed E-state index contributed by atoms with van der Waals surface area (Å²) in [5, 5.41) is 10.3. The lowest BCUT2D eigenvalue weighted by Gasteiger charge is -2.21. The van der Waals surface area contributed by atoms with E-state index < -0.39 is 12.0 Å². The van der Waals surface area contributed by atoms with Gasteiger partial charge < -0.3 is 10.1 Å². The van der Waals surface area contributed by atoms with E-state index in [0.29, 0.717) is 6.42 Å². The number of aliphatic carboxylic acids is 1. The zero-order chi connectivity index (χ0) is 16.1. The number of nitrogens with one attached hydrogen (secondary N) is 1. The Kier molecular flexibility index (Phi) is 5.44. The minimum atomic E-state index is -1.11. The van der Waals surface area contributed by atoms with Gasteiger partial charge in [0.2, 0.25) is 5.91 Å². The lowest BCUT2D eigenvalue weighted by molar-refractivity contribution is -0.146. The zero-order valence-corrected chi connectivity index (χ0v) is 13.1. The quantitative estimate of drug-likeness (QED) is 0.768. The number of carboxylic acid groups (broad SMARTS) is 1. The Bertz CT molecular complexity index is 668.